The van der Waals surface area contributed by atoms with Gasteiger partial charge in [-0.25, -0.2) is 18.5 Å². The SMILES string of the molecule is Cc1nc2cc(NC(=O)c3cc(S(N)(=O)=O)ccc3C)ccc2o1. The first-order valence-corrected chi connectivity index (χ1v) is 8.61. The Hall–Kier alpha value is -2.71. The Kier molecular flexibility index (Phi) is 3.86. The predicted octanol–water partition coefficient (Wildman–Crippen LogP) is 2.34. The second-order valence-corrected chi connectivity index (χ2v) is 6.95. The van der Waals surface area contributed by atoms with Crippen molar-refractivity contribution in [3.63, 3.8) is 0 Å². The van der Waals surface area contributed by atoms with Crippen LogP contribution in [0.5, 0.6) is 0 Å². The third-order valence-electron chi connectivity index (χ3n) is 3.53. The van der Waals surface area contributed by atoms with Crippen LogP contribution < -0.4 is 10.5 Å². The molecule has 0 unspecified atom stereocenters. The average Bonchev–Trinajstić information content (AvgIpc) is 2.85. The van der Waals surface area contributed by atoms with Crippen molar-refractivity contribution in [3.8, 4) is 0 Å². The number of aryl methyl sites for hydroxylation is 2. The van der Waals surface area contributed by atoms with Crippen molar-refractivity contribution < 1.29 is 17.6 Å². The lowest BCUT2D eigenvalue weighted by atomic mass is 10.1. The molecule has 124 valence electrons. The lowest BCUT2D eigenvalue weighted by Crippen LogP contribution is -2.17. The van der Waals surface area contributed by atoms with Crippen LogP contribution in [0.1, 0.15) is 21.8 Å². The van der Waals surface area contributed by atoms with E-state index in [1.165, 1.54) is 12.1 Å². The number of primary sulfonamides is 1. The maximum absolute atomic E-state index is 12.5. The highest BCUT2D eigenvalue weighted by atomic mass is 32.2. The van der Waals surface area contributed by atoms with Gasteiger partial charge < -0.3 is 9.73 Å². The van der Waals surface area contributed by atoms with Gasteiger partial charge in [0.15, 0.2) is 11.5 Å². The fourth-order valence-electron chi connectivity index (χ4n) is 2.34. The molecule has 8 heteroatoms. The second kappa shape index (κ2) is 5.73. The van der Waals surface area contributed by atoms with E-state index in [-0.39, 0.29) is 10.5 Å². The molecule has 0 saturated heterocycles. The molecule has 0 aliphatic carbocycles. The summed E-state index contributed by atoms with van der Waals surface area (Å²) in [6.07, 6.45) is 0. The van der Waals surface area contributed by atoms with E-state index in [1.807, 2.05) is 0 Å². The normalized spacial score (nSPS) is 11.6. The number of carbonyl (C=O) groups is 1. The fourth-order valence-corrected chi connectivity index (χ4v) is 2.88. The zero-order valence-corrected chi connectivity index (χ0v) is 13.8. The molecule has 3 aromatic rings. The van der Waals surface area contributed by atoms with Crippen LogP contribution in [0.15, 0.2) is 45.7 Å². The summed E-state index contributed by atoms with van der Waals surface area (Å²) in [5.41, 5.74) is 2.65. The van der Waals surface area contributed by atoms with Gasteiger partial charge in [0.05, 0.1) is 4.90 Å². The van der Waals surface area contributed by atoms with Crippen LogP contribution in [-0.4, -0.2) is 19.3 Å². The van der Waals surface area contributed by atoms with Gasteiger partial charge in [0.1, 0.15) is 5.52 Å². The van der Waals surface area contributed by atoms with E-state index in [0.717, 1.165) is 0 Å². The van der Waals surface area contributed by atoms with E-state index in [9.17, 15) is 13.2 Å². The number of aromatic nitrogens is 1. The molecular formula is C16H15N3O4S. The standard InChI is InChI=1S/C16H15N3O4S/c1-9-3-5-12(24(17,21)22)8-13(9)16(20)19-11-4-6-15-14(7-11)18-10(2)23-15/h3-8H,1-2H3,(H,19,20)(H2,17,21,22). The first kappa shape index (κ1) is 16.2. The van der Waals surface area contributed by atoms with Gasteiger partial charge in [-0.1, -0.05) is 6.07 Å². The molecule has 0 fully saturated rings. The van der Waals surface area contributed by atoms with E-state index < -0.39 is 15.9 Å². The number of sulfonamides is 1. The fraction of sp³-hybridized carbons (Fsp3) is 0.125. The van der Waals surface area contributed by atoms with Crippen molar-refractivity contribution in [2.24, 2.45) is 5.14 Å². The summed E-state index contributed by atoms with van der Waals surface area (Å²) in [5.74, 6) is 0.0998. The molecule has 2 aromatic carbocycles. The molecule has 0 radical (unpaired) electrons. The number of fused-ring (bicyclic) bond motifs is 1. The van der Waals surface area contributed by atoms with Crippen molar-refractivity contribution in [1.29, 1.82) is 0 Å². The Morgan fingerprint density at radius 1 is 1.17 bits per heavy atom. The van der Waals surface area contributed by atoms with E-state index in [4.69, 9.17) is 9.56 Å². The van der Waals surface area contributed by atoms with Crippen molar-refractivity contribution in [2.45, 2.75) is 18.7 Å². The third-order valence-corrected chi connectivity index (χ3v) is 4.45. The van der Waals surface area contributed by atoms with Gasteiger partial charge in [0.25, 0.3) is 5.91 Å². The quantitative estimate of drug-likeness (QED) is 0.756. The van der Waals surface area contributed by atoms with Crippen LogP contribution in [0.3, 0.4) is 0 Å². The van der Waals surface area contributed by atoms with Gasteiger partial charge in [0, 0.05) is 18.2 Å². The van der Waals surface area contributed by atoms with Gasteiger partial charge in [-0.2, -0.15) is 0 Å². The van der Waals surface area contributed by atoms with Crippen molar-refractivity contribution in [3.05, 3.63) is 53.4 Å². The van der Waals surface area contributed by atoms with E-state index in [2.05, 4.69) is 10.3 Å². The molecule has 1 amide bonds. The Labute approximate surface area is 138 Å². The molecule has 0 atom stereocenters. The van der Waals surface area contributed by atoms with Crippen LogP contribution >= 0.6 is 0 Å². The lowest BCUT2D eigenvalue weighted by molar-refractivity contribution is 0.102. The summed E-state index contributed by atoms with van der Waals surface area (Å²) in [4.78, 5) is 16.6. The molecule has 0 aliphatic heterocycles. The van der Waals surface area contributed by atoms with Gasteiger partial charge in [-0.3, -0.25) is 4.79 Å². The first-order chi connectivity index (χ1) is 11.2. The Bertz CT molecular complexity index is 1050. The molecule has 0 aliphatic rings. The van der Waals surface area contributed by atoms with Crippen LogP contribution in [0.25, 0.3) is 11.1 Å². The van der Waals surface area contributed by atoms with Crippen molar-refractivity contribution in [2.75, 3.05) is 5.32 Å². The molecular weight excluding hydrogens is 330 g/mol. The minimum absolute atomic E-state index is 0.110. The van der Waals surface area contributed by atoms with Crippen molar-refractivity contribution >= 4 is 32.7 Å². The summed E-state index contributed by atoms with van der Waals surface area (Å²) in [7, 11) is -3.88. The summed E-state index contributed by atoms with van der Waals surface area (Å²) < 4.78 is 28.3. The Morgan fingerprint density at radius 2 is 1.92 bits per heavy atom. The van der Waals surface area contributed by atoms with E-state index in [0.29, 0.717) is 28.2 Å². The monoisotopic (exact) mass is 345 g/mol. The highest BCUT2D eigenvalue weighted by Gasteiger charge is 2.15. The number of hydrogen-bond donors (Lipinski definition) is 2. The average molecular weight is 345 g/mol. The van der Waals surface area contributed by atoms with E-state index in [1.54, 1.807) is 38.1 Å². The predicted molar refractivity (Wildman–Crippen MR) is 89.3 cm³/mol. The zero-order chi connectivity index (χ0) is 17.5. The van der Waals surface area contributed by atoms with Crippen molar-refractivity contribution in [1.82, 2.24) is 4.98 Å². The van der Waals surface area contributed by atoms with Crippen LogP contribution in [0.4, 0.5) is 5.69 Å². The second-order valence-electron chi connectivity index (χ2n) is 5.39. The topological polar surface area (TPSA) is 115 Å². The molecule has 3 rings (SSSR count). The molecule has 0 spiro atoms. The number of anilines is 1. The number of carbonyl (C=O) groups excluding carboxylic acids is 1. The molecule has 0 bridgehead atoms. The minimum Gasteiger partial charge on any atom is -0.441 e. The first-order valence-electron chi connectivity index (χ1n) is 7.06. The Morgan fingerprint density at radius 3 is 2.62 bits per heavy atom. The summed E-state index contributed by atoms with van der Waals surface area (Å²) >= 11 is 0. The van der Waals surface area contributed by atoms with Crippen LogP contribution in [0, 0.1) is 13.8 Å². The van der Waals surface area contributed by atoms with E-state index >= 15 is 0 Å². The Balaban J connectivity index is 1.93. The molecule has 0 saturated carbocycles. The molecule has 24 heavy (non-hydrogen) atoms. The number of rotatable bonds is 3. The molecule has 1 aromatic heterocycles. The number of oxazole rings is 1. The number of nitrogens with zero attached hydrogens (tertiary/aromatic N) is 1. The third kappa shape index (κ3) is 3.15. The number of nitrogens with two attached hydrogens (primary N) is 1. The smallest absolute Gasteiger partial charge is 0.255 e. The molecule has 7 nitrogen and oxygen atoms in total. The highest BCUT2D eigenvalue weighted by Crippen LogP contribution is 2.21. The number of nitrogens with one attached hydrogen (secondary N) is 1. The maximum atomic E-state index is 12.5. The lowest BCUT2D eigenvalue weighted by Gasteiger charge is -2.09. The summed E-state index contributed by atoms with van der Waals surface area (Å²) in [6, 6.07) is 9.24. The van der Waals surface area contributed by atoms with Crippen LogP contribution in [0.2, 0.25) is 0 Å². The zero-order valence-electron chi connectivity index (χ0n) is 13.0. The summed E-state index contributed by atoms with van der Waals surface area (Å²) in [5, 5.41) is 7.84. The highest BCUT2D eigenvalue weighted by molar-refractivity contribution is 7.89. The van der Waals surface area contributed by atoms with Gasteiger partial charge in [-0.05, 0) is 42.8 Å². The number of benzene rings is 2. The van der Waals surface area contributed by atoms with Gasteiger partial charge >= 0.3 is 0 Å². The minimum atomic E-state index is -3.88. The number of hydrogen-bond acceptors (Lipinski definition) is 5. The maximum Gasteiger partial charge on any atom is 0.255 e. The van der Waals surface area contributed by atoms with Gasteiger partial charge in [-0.15, -0.1) is 0 Å². The number of amides is 1. The molecule has 3 N–H and O–H groups in total. The summed E-state index contributed by atoms with van der Waals surface area (Å²) in [6.45, 7) is 3.45. The molecule has 1 heterocycles. The van der Waals surface area contributed by atoms with Gasteiger partial charge in [0.2, 0.25) is 10.0 Å². The van der Waals surface area contributed by atoms with Crippen LogP contribution in [-0.2, 0) is 10.0 Å². The largest absolute Gasteiger partial charge is 0.441 e.